The number of allylic oxidation sites excluding steroid dienone is 1. The minimum absolute atomic E-state index is 0. The first-order chi connectivity index (χ1) is 46.9. The monoisotopic (exact) mass is 1390 g/mol. The van der Waals surface area contributed by atoms with Crippen LogP contribution in [0.3, 0.4) is 0 Å². The van der Waals surface area contributed by atoms with Gasteiger partial charge in [-0.15, -0.1) is 0 Å². The lowest BCUT2D eigenvalue weighted by molar-refractivity contribution is -0.186. The van der Waals surface area contributed by atoms with Crippen LogP contribution in [0.5, 0.6) is 0 Å². The molecular formula is C71H83N11O13S3. The minimum Gasteiger partial charge on any atom is -0.396 e. The number of fused-ring (bicyclic) bond motifs is 3. The fourth-order valence-corrected chi connectivity index (χ4v) is 15.2. The molecule has 5 aromatic heterocycles. The lowest BCUT2D eigenvalue weighted by Gasteiger charge is -2.37. The summed E-state index contributed by atoms with van der Waals surface area (Å²) >= 11 is 0. The number of likely N-dealkylation sites (tertiary alicyclic amines) is 1. The van der Waals surface area contributed by atoms with Crippen molar-refractivity contribution in [2.45, 2.75) is 142 Å². The molecule has 0 unspecified atom stereocenters. The number of H-pyrrole nitrogens is 2. The zero-order valence-electron chi connectivity index (χ0n) is 55.2. The Kier molecular flexibility index (Phi) is 21.3. The van der Waals surface area contributed by atoms with Crippen LogP contribution in [0, 0.1) is 5.92 Å². The molecule has 1 spiro atoms. The Labute approximate surface area is 571 Å². The second-order valence-electron chi connectivity index (χ2n) is 25.4. The molecule has 98 heavy (non-hydrogen) atoms. The van der Waals surface area contributed by atoms with E-state index >= 15 is 0 Å². The number of ether oxygens (including phenoxy) is 2. The number of aromatic nitrogens is 8. The molecule has 518 valence electrons. The SMILES string of the molecule is CC(C)S(=O)(=O)c1ccc(-c2cnc3[nH]cc(C(=O)NC4CCC(CO)CC4)c3n2)cc1.CC(C)S(=O)(=O)c1ccc(-c2cnc3[nH]cc(C(=O)NCc4ccccc4CO)c3n2)cc1.CC(C)S(=O)(=O)c1ccc(-c2cnc3c(n2)C(C(=O)N2CCC4(CC2)OCCO4)=CC3)cc1.[HH].[HH]. The van der Waals surface area contributed by atoms with Crippen LogP contribution >= 0.6 is 0 Å². The van der Waals surface area contributed by atoms with Crippen LogP contribution in [0.15, 0.2) is 149 Å². The van der Waals surface area contributed by atoms with E-state index in [-0.39, 0.29) is 61.1 Å². The number of amides is 3. The van der Waals surface area contributed by atoms with Crippen LogP contribution in [0.2, 0.25) is 0 Å². The van der Waals surface area contributed by atoms with Gasteiger partial charge in [-0.05, 0) is 121 Å². The lowest BCUT2D eigenvalue weighted by Crippen LogP contribution is -2.47. The Balaban J connectivity index is 0.000000173. The lowest BCUT2D eigenvalue weighted by atomic mass is 9.86. The van der Waals surface area contributed by atoms with Crippen LogP contribution in [0.4, 0.5) is 0 Å². The molecule has 3 fully saturated rings. The van der Waals surface area contributed by atoms with Crippen molar-refractivity contribution in [2.75, 3.05) is 32.9 Å². The first-order valence-electron chi connectivity index (χ1n) is 32.6. The summed E-state index contributed by atoms with van der Waals surface area (Å²) in [6, 6.07) is 27.1. The number of piperidine rings is 1. The van der Waals surface area contributed by atoms with E-state index in [1.165, 1.54) is 0 Å². The van der Waals surface area contributed by atoms with Crippen LogP contribution < -0.4 is 10.6 Å². The summed E-state index contributed by atoms with van der Waals surface area (Å²) in [5.41, 5.74) is 10.0. The smallest absolute Gasteiger partial charge is 0.255 e. The second-order valence-corrected chi connectivity index (χ2v) is 32.9. The highest BCUT2D eigenvalue weighted by molar-refractivity contribution is 7.92. The van der Waals surface area contributed by atoms with E-state index in [9.17, 15) is 49.9 Å². The van der Waals surface area contributed by atoms with Gasteiger partial charge in [-0.1, -0.05) is 66.7 Å². The fraction of sp³-hybridized carbons (Fsp3) is 0.366. The van der Waals surface area contributed by atoms with Gasteiger partial charge in [0, 0.05) is 83.5 Å². The number of nitrogens with one attached hydrogen (secondary N) is 4. The number of hydrogen-bond acceptors (Lipinski definition) is 19. The van der Waals surface area contributed by atoms with Crippen molar-refractivity contribution in [1.82, 2.24) is 55.4 Å². The van der Waals surface area contributed by atoms with Crippen LogP contribution in [-0.4, -0.2) is 158 Å². The van der Waals surface area contributed by atoms with Gasteiger partial charge in [0.05, 0.1) is 114 Å². The Hall–Kier alpha value is -8.96. The number of aromatic amines is 2. The van der Waals surface area contributed by atoms with Gasteiger partial charge in [0.15, 0.2) is 46.6 Å². The Bertz CT molecular complexity index is 4800. The summed E-state index contributed by atoms with van der Waals surface area (Å²) < 4.78 is 85.7. The maximum absolute atomic E-state index is 13.3. The molecule has 2 saturated heterocycles. The van der Waals surface area contributed by atoms with Gasteiger partial charge in [-0.2, -0.15) is 0 Å². The van der Waals surface area contributed by atoms with Crippen molar-refractivity contribution in [3.05, 3.63) is 168 Å². The van der Waals surface area contributed by atoms with Crippen LogP contribution in [0.25, 0.3) is 61.7 Å². The number of rotatable bonds is 17. The molecule has 0 radical (unpaired) electrons. The normalized spacial score (nSPS) is 16.9. The van der Waals surface area contributed by atoms with Crippen molar-refractivity contribution in [3.8, 4) is 33.8 Å². The highest BCUT2D eigenvalue weighted by Crippen LogP contribution is 2.36. The number of hydrogen-bond donors (Lipinski definition) is 6. The van der Waals surface area contributed by atoms with E-state index in [1.54, 1.807) is 145 Å². The predicted molar refractivity (Wildman–Crippen MR) is 373 cm³/mol. The van der Waals surface area contributed by atoms with Gasteiger partial charge in [-0.3, -0.25) is 19.4 Å². The molecular weight excluding hydrogens is 1310 g/mol. The van der Waals surface area contributed by atoms with E-state index in [0.29, 0.717) is 119 Å². The topological polar surface area (TPSA) is 349 Å². The average molecular weight is 1390 g/mol. The maximum Gasteiger partial charge on any atom is 0.255 e. The summed E-state index contributed by atoms with van der Waals surface area (Å²) in [6.45, 7) is 12.6. The highest BCUT2D eigenvalue weighted by Gasteiger charge is 2.42. The van der Waals surface area contributed by atoms with E-state index < -0.39 is 51.0 Å². The summed E-state index contributed by atoms with van der Waals surface area (Å²) in [6.07, 6.45) is 15.3. The van der Waals surface area contributed by atoms with Crippen molar-refractivity contribution < 1.29 is 62.2 Å². The largest absolute Gasteiger partial charge is 0.396 e. The second kappa shape index (κ2) is 29.6. The third kappa shape index (κ3) is 15.2. The predicted octanol–water partition coefficient (Wildman–Crippen LogP) is 9.44. The Morgan fingerprint density at radius 1 is 0.602 bits per heavy atom. The molecule has 27 heteroatoms. The standard InChI is InChI=1S/C24H24N4O4S.C24H27N3O5S.C23H28N4O4S.2H2/c1-15(2)33(31,32)19-9-7-16(8-10-19)21-13-26-23-22(28-21)20(12-25-23)24(30)27-11-17-5-3-4-6-18(17)14-29;1-16(2)33(29,30)18-5-3-17(4-6-18)21-15-25-20-8-7-19(22(20)26-21)23(28)27-11-9-24(10-12-27)31-13-14-32-24;1-14(2)32(30,31)18-9-5-16(6-10-18)20-12-25-22-21(27-20)19(11-24-22)23(29)26-17-7-3-15(13-28)4-8-17;;/h3-10,12-13,15,29H,11,14H2,1-2H3,(H,25,26)(H,27,30);3-7,15-16H,8-14H2,1-2H3;5-6,9-12,14-15,17,28H,3-4,7-8,13H2,1-2H3,(H,24,25)(H,26,29);2*1H. The number of aliphatic hydroxyl groups excluding tert-OH is 2. The molecule has 7 heterocycles. The zero-order valence-corrected chi connectivity index (χ0v) is 57.7. The molecule has 24 nitrogen and oxygen atoms in total. The summed E-state index contributed by atoms with van der Waals surface area (Å²) in [5.74, 6) is -0.772. The van der Waals surface area contributed by atoms with Gasteiger partial charge >= 0.3 is 0 Å². The minimum atomic E-state index is -3.36. The molecule has 4 aliphatic rings. The van der Waals surface area contributed by atoms with E-state index in [4.69, 9.17) is 14.5 Å². The van der Waals surface area contributed by atoms with Crippen molar-refractivity contribution in [1.29, 1.82) is 0 Å². The van der Waals surface area contributed by atoms with E-state index in [2.05, 4.69) is 45.5 Å². The highest BCUT2D eigenvalue weighted by atomic mass is 32.2. The molecule has 0 bridgehead atoms. The molecule has 2 aliphatic heterocycles. The molecule has 1 saturated carbocycles. The first-order valence-corrected chi connectivity index (χ1v) is 37.3. The molecule has 0 atom stereocenters. The van der Waals surface area contributed by atoms with E-state index in [1.807, 2.05) is 35.2 Å². The molecule has 9 aromatic rings. The summed E-state index contributed by atoms with van der Waals surface area (Å²) in [4.78, 5) is 74.8. The molecule has 2 aliphatic carbocycles. The van der Waals surface area contributed by atoms with Crippen LogP contribution in [-0.2, 0) is 63.4 Å². The maximum atomic E-state index is 13.3. The van der Waals surface area contributed by atoms with Crippen molar-refractivity contribution in [3.63, 3.8) is 0 Å². The fourth-order valence-electron chi connectivity index (χ4n) is 12.0. The number of sulfone groups is 3. The molecule has 13 rings (SSSR count). The van der Waals surface area contributed by atoms with Gasteiger partial charge in [0.1, 0.15) is 11.0 Å². The Morgan fingerprint density at radius 3 is 1.51 bits per heavy atom. The van der Waals surface area contributed by atoms with E-state index in [0.717, 1.165) is 53.6 Å². The number of benzene rings is 4. The summed E-state index contributed by atoms with van der Waals surface area (Å²) in [5, 5.41) is 23.2. The van der Waals surface area contributed by atoms with Gasteiger partial charge in [-0.25, -0.2) is 50.2 Å². The number of nitrogens with zero attached hydrogens (tertiary/aromatic N) is 7. The summed E-state index contributed by atoms with van der Waals surface area (Å²) in [7, 11) is -10.0. The third-order valence-corrected chi connectivity index (χ3v) is 24.7. The Morgan fingerprint density at radius 2 is 1.05 bits per heavy atom. The van der Waals surface area contributed by atoms with Crippen molar-refractivity contribution >= 4 is 75.1 Å². The number of carbonyl (C=O) groups is 3. The first kappa shape index (κ1) is 70.4. The van der Waals surface area contributed by atoms with Gasteiger partial charge in [0.25, 0.3) is 17.7 Å². The average Bonchev–Trinajstić information content (AvgIpc) is 1.58. The molecule has 6 N–H and O–H groups in total. The molecule has 3 amide bonds. The number of carbonyl (C=O) groups excluding carboxylic acids is 3. The van der Waals surface area contributed by atoms with Crippen LogP contribution in [0.1, 0.15) is 126 Å². The third-order valence-electron chi connectivity index (χ3n) is 18.2. The quantitative estimate of drug-likeness (QED) is 0.0494. The van der Waals surface area contributed by atoms with Gasteiger partial charge < -0.3 is 45.2 Å². The van der Waals surface area contributed by atoms with Crippen molar-refractivity contribution in [2.24, 2.45) is 5.92 Å². The zero-order chi connectivity index (χ0) is 69.7. The number of aliphatic hydroxyl groups is 2. The van der Waals surface area contributed by atoms with Gasteiger partial charge in [0.2, 0.25) is 0 Å². The molecule has 4 aromatic carbocycles.